The number of fused-ring (bicyclic) bond motifs is 1. The highest BCUT2D eigenvalue weighted by Crippen LogP contribution is 2.39. The number of rotatable bonds is 6. The highest BCUT2D eigenvalue weighted by atomic mass is 19.1. The van der Waals surface area contributed by atoms with Crippen LogP contribution in [0, 0.1) is 18.6 Å². The van der Waals surface area contributed by atoms with E-state index in [4.69, 9.17) is 0 Å². The summed E-state index contributed by atoms with van der Waals surface area (Å²) in [4.78, 5) is 9.13. The number of H-pyrrole nitrogens is 1. The molecule has 0 atom stereocenters. The van der Waals surface area contributed by atoms with E-state index in [0.29, 0.717) is 29.1 Å². The van der Waals surface area contributed by atoms with Crippen LogP contribution in [0.15, 0.2) is 42.5 Å². The standard InChI is InChI=1S/C22H20F2N6/c1-12-2-7-16-19(8-12)26-22(25-11-14-5-6-15(23)9-17(14)24)28-21(16)27-20-10-18(29-30-20)13-3-4-13/h2,5-10,13H,3-4,11H2,1H3,(H3,25,26,27,28,29,30). The summed E-state index contributed by atoms with van der Waals surface area (Å²) in [5.41, 5.74) is 3.28. The van der Waals surface area contributed by atoms with Crippen LogP contribution in [0.4, 0.5) is 26.4 Å². The number of benzene rings is 2. The lowest BCUT2D eigenvalue weighted by Gasteiger charge is -2.11. The highest BCUT2D eigenvalue weighted by Gasteiger charge is 2.25. The summed E-state index contributed by atoms with van der Waals surface area (Å²) in [7, 11) is 0. The Hall–Kier alpha value is -3.55. The first-order valence-corrected chi connectivity index (χ1v) is 9.84. The van der Waals surface area contributed by atoms with Crippen LogP contribution in [0.1, 0.15) is 35.6 Å². The molecule has 5 rings (SSSR count). The lowest BCUT2D eigenvalue weighted by molar-refractivity contribution is 0.574. The van der Waals surface area contributed by atoms with Gasteiger partial charge in [0, 0.05) is 41.2 Å². The summed E-state index contributed by atoms with van der Waals surface area (Å²) < 4.78 is 27.1. The second-order valence-electron chi connectivity index (χ2n) is 7.61. The second-order valence-corrected chi connectivity index (χ2v) is 7.61. The summed E-state index contributed by atoms with van der Waals surface area (Å²) >= 11 is 0. The van der Waals surface area contributed by atoms with Gasteiger partial charge in [0.25, 0.3) is 0 Å². The third-order valence-electron chi connectivity index (χ3n) is 5.17. The Morgan fingerprint density at radius 3 is 2.73 bits per heavy atom. The van der Waals surface area contributed by atoms with Crippen molar-refractivity contribution in [2.75, 3.05) is 10.6 Å². The van der Waals surface area contributed by atoms with Crippen molar-refractivity contribution in [3.63, 3.8) is 0 Å². The molecule has 2 aromatic heterocycles. The third kappa shape index (κ3) is 3.80. The van der Waals surface area contributed by atoms with Gasteiger partial charge >= 0.3 is 0 Å². The quantitative estimate of drug-likeness (QED) is 0.412. The highest BCUT2D eigenvalue weighted by molar-refractivity contribution is 5.91. The van der Waals surface area contributed by atoms with Gasteiger partial charge in [-0.15, -0.1) is 0 Å². The van der Waals surface area contributed by atoms with Crippen molar-refractivity contribution >= 4 is 28.5 Å². The zero-order valence-electron chi connectivity index (χ0n) is 16.3. The van der Waals surface area contributed by atoms with E-state index in [0.717, 1.165) is 28.2 Å². The van der Waals surface area contributed by atoms with Gasteiger partial charge in [-0.1, -0.05) is 12.1 Å². The monoisotopic (exact) mass is 406 g/mol. The Bertz CT molecular complexity index is 1230. The maximum absolute atomic E-state index is 14.0. The topological polar surface area (TPSA) is 78.5 Å². The predicted molar refractivity (Wildman–Crippen MR) is 112 cm³/mol. The van der Waals surface area contributed by atoms with Gasteiger partial charge in [-0.25, -0.2) is 13.8 Å². The Morgan fingerprint density at radius 1 is 1.07 bits per heavy atom. The fraction of sp³-hybridized carbons (Fsp3) is 0.227. The van der Waals surface area contributed by atoms with Crippen molar-refractivity contribution in [3.05, 3.63) is 70.9 Å². The van der Waals surface area contributed by atoms with Crippen LogP contribution in [0.5, 0.6) is 0 Å². The maximum Gasteiger partial charge on any atom is 0.225 e. The molecule has 2 aromatic carbocycles. The fourth-order valence-corrected chi connectivity index (χ4v) is 3.38. The lowest BCUT2D eigenvalue weighted by Crippen LogP contribution is -2.07. The number of nitrogens with zero attached hydrogens (tertiary/aromatic N) is 3. The number of hydrogen-bond acceptors (Lipinski definition) is 5. The number of aromatic nitrogens is 4. The van der Waals surface area contributed by atoms with Crippen molar-refractivity contribution in [2.24, 2.45) is 0 Å². The molecule has 0 aliphatic heterocycles. The first-order valence-electron chi connectivity index (χ1n) is 9.84. The first-order chi connectivity index (χ1) is 14.5. The molecule has 0 saturated heterocycles. The number of aromatic amines is 1. The molecule has 0 unspecified atom stereocenters. The van der Waals surface area contributed by atoms with Crippen LogP contribution < -0.4 is 10.6 Å². The van der Waals surface area contributed by atoms with Crippen LogP contribution >= 0.6 is 0 Å². The molecule has 30 heavy (non-hydrogen) atoms. The zero-order valence-corrected chi connectivity index (χ0v) is 16.3. The zero-order chi connectivity index (χ0) is 20.7. The van der Waals surface area contributed by atoms with Gasteiger partial charge in [0.2, 0.25) is 5.95 Å². The van der Waals surface area contributed by atoms with E-state index in [-0.39, 0.29) is 6.54 Å². The van der Waals surface area contributed by atoms with E-state index in [1.807, 2.05) is 31.2 Å². The van der Waals surface area contributed by atoms with Gasteiger partial charge in [0.1, 0.15) is 17.5 Å². The van der Waals surface area contributed by atoms with Gasteiger partial charge in [0.05, 0.1) is 5.52 Å². The van der Waals surface area contributed by atoms with Crippen LogP contribution in [0.25, 0.3) is 10.9 Å². The smallest absolute Gasteiger partial charge is 0.225 e. The molecule has 152 valence electrons. The van der Waals surface area contributed by atoms with Crippen molar-refractivity contribution in [2.45, 2.75) is 32.2 Å². The number of nitrogens with one attached hydrogen (secondary N) is 3. The van der Waals surface area contributed by atoms with Crippen molar-refractivity contribution in [1.29, 1.82) is 0 Å². The van der Waals surface area contributed by atoms with E-state index in [9.17, 15) is 8.78 Å². The Kier molecular flexibility index (Phi) is 4.54. The van der Waals surface area contributed by atoms with Gasteiger partial charge in [-0.3, -0.25) is 5.10 Å². The summed E-state index contributed by atoms with van der Waals surface area (Å²) in [6.07, 6.45) is 2.37. The summed E-state index contributed by atoms with van der Waals surface area (Å²) in [5, 5.41) is 14.6. The fourth-order valence-electron chi connectivity index (χ4n) is 3.38. The van der Waals surface area contributed by atoms with E-state index in [1.165, 1.54) is 25.0 Å². The Balaban J connectivity index is 1.45. The molecule has 0 amide bonds. The minimum absolute atomic E-state index is 0.136. The predicted octanol–water partition coefficient (Wildman–Crippen LogP) is 5.17. The van der Waals surface area contributed by atoms with Crippen LogP contribution in [-0.4, -0.2) is 20.2 Å². The van der Waals surface area contributed by atoms with Crippen LogP contribution in [0.2, 0.25) is 0 Å². The summed E-state index contributed by atoms with van der Waals surface area (Å²) in [6, 6.07) is 11.4. The number of hydrogen-bond donors (Lipinski definition) is 3. The first kappa shape index (κ1) is 18.5. The molecular formula is C22H20F2N6. The summed E-state index contributed by atoms with van der Waals surface area (Å²) in [5.74, 6) is 0.994. The third-order valence-corrected chi connectivity index (χ3v) is 5.17. The molecule has 1 fully saturated rings. The molecule has 2 heterocycles. The van der Waals surface area contributed by atoms with Gasteiger partial charge in [-0.2, -0.15) is 10.1 Å². The average molecular weight is 406 g/mol. The molecule has 0 bridgehead atoms. The molecule has 8 heteroatoms. The average Bonchev–Trinajstić information content (AvgIpc) is 3.46. The number of halogens is 2. The van der Waals surface area contributed by atoms with Crippen LogP contribution in [0.3, 0.4) is 0 Å². The molecule has 3 N–H and O–H groups in total. The lowest BCUT2D eigenvalue weighted by atomic mass is 10.1. The molecule has 4 aromatic rings. The van der Waals surface area contributed by atoms with Gasteiger partial charge in [0.15, 0.2) is 5.82 Å². The maximum atomic E-state index is 14.0. The van der Waals surface area contributed by atoms with E-state index in [2.05, 4.69) is 30.8 Å². The SMILES string of the molecule is Cc1ccc2c(Nc3cc(C4CC4)[nH]n3)nc(NCc3ccc(F)cc3F)nc2c1. The van der Waals surface area contributed by atoms with Crippen molar-refractivity contribution in [1.82, 2.24) is 20.2 Å². The van der Waals surface area contributed by atoms with Crippen LogP contribution in [-0.2, 0) is 6.54 Å². The minimum Gasteiger partial charge on any atom is -0.350 e. The van der Waals surface area contributed by atoms with E-state index < -0.39 is 11.6 Å². The molecule has 1 saturated carbocycles. The molecule has 1 aliphatic carbocycles. The minimum atomic E-state index is -0.610. The van der Waals surface area contributed by atoms with Gasteiger partial charge in [-0.05, 0) is 43.5 Å². The van der Waals surface area contributed by atoms with Crippen molar-refractivity contribution < 1.29 is 8.78 Å². The number of aryl methyl sites for hydroxylation is 1. The van der Waals surface area contributed by atoms with Gasteiger partial charge < -0.3 is 10.6 Å². The number of anilines is 3. The molecule has 6 nitrogen and oxygen atoms in total. The molecule has 1 aliphatic rings. The second kappa shape index (κ2) is 7.37. The molecule has 0 spiro atoms. The van der Waals surface area contributed by atoms with E-state index in [1.54, 1.807) is 0 Å². The summed E-state index contributed by atoms with van der Waals surface area (Å²) in [6.45, 7) is 2.13. The molecular weight excluding hydrogens is 386 g/mol. The Morgan fingerprint density at radius 2 is 1.93 bits per heavy atom. The Labute approximate surface area is 171 Å². The van der Waals surface area contributed by atoms with Crippen molar-refractivity contribution in [3.8, 4) is 0 Å². The largest absolute Gasteiger partial charge is 0.350 e. The normalized spacial score (nSPS) is 13.6. The van der Waals surface area contributed by atoms with E-state index >= 15 is 0 Å². The molecule has 0 radical (unpaired) electrons.